The van der Waals surface area contributed by atoms with E-state index in [4.69, 9.17) is 0 Å². The van der Waals surface area contributed by atoms with Crippen molar-refractivity contribution in [1.29, 1.82) is 0 Å². The van der Waals surface area contributed by atoms with Gasteiger partial charge >= 0.3 is 6.55 Å². The lowest BCUT2D eigenvalue weighted by Gasteiger charge is -2.04. The zero-order valence-corrected chi connectivity index (χ0v) is 10.6. The van der Waals surface area contributed by atoms with Gasteiger partial charge in [0.2, 0.25) is 0 Å². The number of pyridine rings is 1. The van der Waals surface area contributed by atoms with Crippen LogP contribution in [0.4, 0.5) is 8.78 Å². The minimum atomic E-state index is -2.75. The van der Waals surface area contributed by atoms with Crippen LogP contribution in [-0.4, -0.2) is 4.57 Å². The van der Waals surface area contributed by atoms with E-state index in [2.05, 4.69) is 0 Å². The minimum absolute atomic E-state index is 0.429. The summed E-state index contributed by atoms with van der Waals surface area (Å²) in [4.78, 5) is 10.8. The largest absolute Gasteiger partial charge is 0.321 e. The maximum Gasteiger partial charge on any atom is 0.321 e. The number of nitrogens with zero attached hydrogens (tertiary/aromatic N) is 1. The predicted molar refractivity (Wildman–Crippen MR) is 64.0 cm³/mol. The molecule has 0 saturated heterocycles. The van der Waals surface area contributed by atoms with Gasteiger partial charge < -0.3 is 0 Å². The van der Waals surface area contributed by atoms with Crippen molar-refractivity contribution >= 4 is 0 Å². The summed E-state index contributed by atoms with van der Waals surface area (Å²) >= 11 is 0. The summed E-state index contributed by atoms with van der Waals surface area (Å²) in [5.74, 6) is 0. The number of hydrogen-bond acceptors (Lipinski definition) is 1. The van der Waals surface area contributed by atoms with Gasteiger partial charge in [0, 0.05) is 12.3 Å². The predicted octanol–water partition coefficient (Wildman–Crippen LogP) is 3.86. The van der Waals surface area contributed by atoms with Crippen LogP contribution in [0.3, 0.4) is 0 Å². The number of aromatic nitrogens is 1. The second-order valence-electron chi connectivity index (χ2n) is 2.41. The Labute approximate surface area is 95.9 Å². The Morgan fingerprint density at radius 1 is 1.19 bits per heavy atom. The molecule has 16 heavy (non-hydrogen) atoms. The highest BCUT2D eigenvalue weighted by atomic mass is 19.3. The van der Waals surface area contributed by atoms with Gasteiger partial charge in [0.25, 0.3) is 5.56 Å². The lowest BCUT2D eigenvalue weighted by atomic mass is 10.2. The second kappa shape index (κ2) is 10.3. The van der Waals surface area contributed by atoms with Crippen LogP contribution in [0.5, 0.6) is 0 Å². The molecule has 0 aliphatic rings. The standard InChI is InChI=1S/C8H9F2NO.2C2H6/c1-2-6-3-4-7(12)11(5-6)8(9)10;2*1-2/h3-5,8H,2H2,1H3;2*1-2H3. The van der Waals surface area contributed by atoms with Crippen molar-refractivity contribution in [3.05, 3.63) is 34.2 Å². The molecule has 0 fully saturated rings. The lowest BCUT2D eigenvalue weighted by molar-refractivity contribution is 0.0661. The fourth-order valence-electron chi connectivity index (χ4n) is 0.911. The van der Waals surface area contributed by atoms with Gasteiger partial charge in [-0.1, -0.05) is 40.7 Å². The fraction of sp³-hybridized carbons (Fsp3) is 0.583. The number of alkyl halides is 2. The molecule has 0 bridgehead atoms. The summed E-state index contributed by atoms with van der Waals surface area (Å²) < 4.78 is 24.6. The maximum absolute atomic E-state index is 12.1. The van der Waals surface area contributed by atoms with Crippen LogP contribution in [0.1, 0.15) is 46.7 Å². The van der Waals surface area contributed by atoms with Gasteiger partial charge in [0.1, 0.15) is 0 Å². The smallest absolute Gasteiger partial charge is 0.269 e. The molecule has 1 aromatic rings. The van der Waals surface area contributed by atoms with Gasteiger partial charge in [0.05, 0.1) is 0 Å². The van der Waals surface area contributed by atoms with Crippen LogP contribution >= 0.6 is 0 Å². The molecular weight excluding hydrogens is 212 g/mol. The van der Waals surface area contributed by atoms with Gasteiger partial charge in [-0.25, -0.2) is 0 Å². The zero-order chi connectivity index (χ0) is 13.1. The van der Waals surface area contributed by atoms with E-state index in [9.17, 15) is 13.6 Å². The number of hydrogen-bond donors (Lipinski definition) is 0. The number of rotatable bonds is 2. The first-order chi connectivity index (χ1) is 7.65. The van der Waals surface area contributed by atoms with E-state index in [1.54, 1.807) is 6.07 Å². The molecule has 0 aliphatic heterocycles. The van der Waals surface area contributed by atoms with E-state index in [1.165, 1.54) is 6.20 Å². The molecule has 1 rings (SSSR count). The Morgan fingerprint density at radius 3 is 2.06 bits per heavy atom. The fourth-order valence-corrected chi connectivity index (χ4v) is 0.911. The zero-order valence-electron chi connectivity index (χ0n) is 10.6. The maximum atomic E-state index is 12.1. The molecule has 0 spiro atoms. The van der Waals surface area contributed by atoms with Crippen molar-refractivity contribution in [2.45, 2.75) is 47.6 Å². The van der Waals surface area contributed by atoms with Crippen molar-refractivity contribution < 1.29 is 8.78 Å². The molecule has 0 amide bonds. The summed E-state index contributed by atoms with van der Waals surface area (Å²) in [5, 5.41) is 0. The Morgan fingerprint density at radius 2 is 1.69 bits per heavy atom. The van der Waals surface area contributed by atoms with Crippen LogP contribution in [0.15, 0.2) is 23.1 Å². The lowest BCUT2D eigenvalue weighted by Crippen LogP contribution is -2.19. The topological polar surface area (TPSA) is 22.0 Å². The highest BCUT2D eigenvalue weighted by Crippen LogP contribution is 2.07. The Hall–Kier alpha value is -1.19. The third-order valence-electron chi connectivity index (χ3n) is 1.62. The van der Waals surface area contributed by atoms with Gasteiger partial charge in [-0.2, -0.15) is 8.78 Å². The van der Waals surface area contributed by atoms with Gasteiger partial charge in [-0.05, 0) is 12.0 Å². The number of halogens is 2. The van der Waals surface area contributed by atoms with E-state index < -0.39 is 12.1 Å². The molecule has 0 radical (unpaired) electrons. The first-order valence-corrected chi connectivity index (χ1v) is 5.64. The van der Waals surface area contributed by atoms with Crippen molar-refractivity contribution in [1.82, 2.24) is 4.57 Å². The molecule has 0 saturated carbocycles. The van der Waals surface area contributed by atoms with E-state index in [-0.39, 0.29) is 0 Å². The third kappa shape index (κ3) is 5.63. The molecule has 1 aromatic heterocycles. The highest BCUT2D eigenvalue weighted by molar-refractivity contribution is 5.09. The van der Waals surface area contributed by atoms with E-state index in [0.29, 0.717) is 11.0 Å². The monoisotopic (exact) mass is 233 g/mol. The van der Waals surface area contributed by atoms with Gasteiger partial charge in [0.15, 0.2) is 0 Å². The molecule has 94 valence electrons. The van der Waals surface area contributed by atoms with Crippen LogP contribution in [0.25, 0.3) is 0 Å². The normalized spacial score (nSPS) is 8.75. The van der Waals surface area contributed by atoms with Gasteiger partial charge in [-0.3, -0.25) is 9.36 Å². The summed E-state index contributed by atoms with van der Waals surface area (Å²) in [6, 6.07) is 2.71. The van der Waals surface area contributed by atoms with Crippen LogP contribution in [0.2, 0.25) is 0 Å². The molecule has 2 nitrogen and oxygen atoms in total. The second-order valence-corrected chi connectivity index (χ2v) is 2.41. The Bertz CT molecular complexity index is 321. The first-order valence-electron chi connectivity index (χ1n) is 5.64. The van der Waals surface area contributed by atoms with Crippen molar-refractivity contribution in [3.63, 3.8) is 0 Å². The Kier molecular flexibility index (Phi) is 11.1. The molecule has 0 atom stereocenters. The van der Waals surface area contributed by atoms with Crippen molar-refractivity contribution in [2.75, 3.05) is 0 Å². The summed E-state index contributed by atoms with van der Waals surface area (Å²) in [5.41, 5.74) is 0.0668. The molecule has 0 aliphatic carbocycles. The summed E-state index contributed by atoms with van der Waals surface area (Å²) in [7, 11) is 0. The molecule has 4 heteroatoms. The van der Waals surface area contributed by atoms with E-state index in [0.717, 1.165) is 11.6 Å². The van der Waals surface area contributed by atoms with Crippen LogP contribution in [0, 0.1) is 0 Å². The quantitative estimate of drug-likeness (QED) is 0.760. The first kappa shape index (κ1) is 17.2. The average molecular weight is 233 g/mol. The minimum Gasteiger partial charge on any atom is -0.269 e. The SMILES string of the molecule is CC.CC.CCc1ccc(=O)n(C(F)F)c1. The Balaban J connectivity index is 0. The molecule has 1 heterocycles. The average Bonchev–Trinajstić information content (AvgIpc) is 2.34. The molecule has 0 unspecified atom stereocenters. The third-order valence-corrected chi connectivity index (χ3v) is 1.62. The number of aryl methyl sites for hydroxylation is 1. The van der Waals surface area contributed by atoms with E-state index in [1.807, 2.05) is 34.6 Å². The summed E-state index contributed by atoms with van der Waals surface area (Å²) in [6.45, 7) is 7.10. The van der Waals surface area contributed by atoms with Gasteiger partial charge in [-0.15, -0.1) is 0 Å². The van der Waals surface area contributed by atoms with Crippen molar-refractivity contribution in [3.8, 4) is 0 Å². The molecular formula is C12H21F2NO. The molecule has 0 N–H and O–H groups in total. The van der Waals surface area contributed by atoms with Crippen molar-refractivity contribution in [2.24, 2.45) is 0 Å². The summed E-state index contributed by atoms with van der Waals surface area (Å²) in [6.07, 6.45) is 1.83. The van der Waals surface area contributed by atoms with Crippen LogP contribution < -0.4 is 5.56 Å². The molecule has 0 aromatic carbocycles. The highest BCUT2D eigenvalue weighted by Gasteiger charge is 2.06. The van der Waals surface area contributed by atoms with E-state index >= 15 is 0 Å². The van der Waals surface area contributed by atoms with Crippen LogP contribution in [-0.2, 0) is 6.42 Å².